The minimum absolute atomic E-state index is 0.0604. The number of halogens is 1. The van der Waals surface area contributed by atoms with Crippen molar-refractivity contribution >= 4 is 17.6 Å². The number of nitrogens with one attached hydrogen (secondary N) is 1. The molecule has 1 amide bonds. The monoisotopic (exact) mass is 294 g/mol. The van der Waals surface area contributed by atoms with Crippen LogP contribution in [0.25, 0.3) is 0 Å². The minimum Gasteiger partial charge on any atom is -0.465 e. The lowest BCUT2D eigenvalue weighted by molar-refractivity contribution is -0.385. The summed E-state index contributed by atoms with van der Waals surface area (Å²) < 4.78 is 18.7. The average molecular weight is 294 g/mol. The predicted octanol–water partition coefficient (Wildman–Crippen LogP) is 2.41. The van der Waals surface area contributed by atoms with E-state index in [9.17, 15) is 19.3 Å². The highest BCUT2D eigenvalue weighted by molar-refractivity contribution is 5.81. The number of aromatic nitrogens is 2. The first-order valence-corrected chi connectivity index (χ1v) is 5.39. The predicted molar refractivity (Wildman–Crippen MR) is 66.8 cm³/mol. The standard InChI is InChI=1S/C11H7FN4O5/c12-7-3-6(16(19)20)1-2-8(7)21-10-4-9(13-5-14-10)15-11(17)18/h1-5H,(H,17,18)(H,13,14,15). The van der Waals surface area contributed by atoms with Crippen LogP contribution in [0.5, 0.6) is 11.6 Å². The Morgan fingerprint density at radius 2 is 2.14 bits per heavy atom. The summed E-state index contributed by atoms with van der Waals surface area (Å²) in [7, 11) is 0. The number of rotatable bonds is 4. The van der Waals surface area contributed by atoms with Crippen LogP contribution in [0.15, 0.2) is 30.6 Å². The topological polar surface area (TPSA) is 127 Å². The van der Waals surface area contributed by atoms with Crippen molar-refractivity contribution in [2.24, 2.45) is 0 Å². The molecule has 2 N–H and O–H groups in total. The van der Waals surface area contributed by atoms with Gasteiger partial charge in [0.15, 0.2) is 11.6 Å². The quantitative estimate of drug-likeness (QED) is 0.654. The molecule has 0 aliphatic carbocycles. The van der Waals surface area contributed by atoms with E-state index >= 15 is 0 Å². The molecule has 1 aromatic heterocycles. The third kappa shape index (κ3) is 3.59. The van der Waals surface area contributed by atoms with Gasteiger partial charge in [-0.15, -0.1) is 0 Å². The third-order valence-electron chi connectivity index (χ3n) is 2.22. The fraction of sp³-hybridized carbons (Fsp3) is 0. The number of hydrogen-bond donors (Lipinski definition) is 2. The van der Waals surface area contributed by atoms with Gasteiger partial charge < -0.3 is 9.84 Å². The first-order chi connectivity index (χ1) is 9.95. The van der Waals surface area contributed by atoms with E-state index in [2.05, 4.69) is 9.97 Å². The number of nitro groups is 1. The van der Waals surface area contributed by atoms with Crippen molar-refractivity contribution in [1.29, 1.82) is 0 Å². The lowest BCUT2D eigenvalue weighted by atomic mass is 10.3. The van der Waals surface area contributed by atoms with E-state index < -0.39 is 22.5 Å². The van der Waals surface area contributed by atoms with Crippen molar-refractivity contribution < 1.29 is 24.0 Å². The summed E-state index contributed by atoms with van der Waals surface area (Å²) in [5.74, 6) is -1.42. The molecule has 0 saturated heterocycles. The Kier molecular flexibility index (Phi) is 3.88. The number of nitro benzene ring substituents is 1. The Morgan fingerprint density at radius 3 is 2.76 bits per heavy atom. The molecular formula is C11H7FN4O5. The van der Waals surface area contributed by atoms with E-state index in [0.29, 0.717) is 6.07 Å². The Hall–Kier alpha value is -3.30. The molecule has 0 saturated carbocycles. The van der Waals surface area contributed by atoms with Crippen molar-refractivity contribution in [3.05, 3.63) is 46.5 Å². The maximum absolute atomic E-state index is 13.6. The second kappa shape index (κ2) is 5.77. The maximum Gasteiger partial charge on any atom is 0.410 e. The van der Waals surface area contributed by atoms with Gasteiger partial charge in [-0.25, -0.2) is 19.2 Å². The molecule has 0 aliphatic rings. The van der Waals surface area contributed by atoms with Gasteiger partial charge in [0.1, 0.15) is 12.1 Å². The van der Waals surface area contributed by atoms with Crippen molar-refractivity contribution in [3.8, 4) is 11.6 Å². The fourth-order valence-corrected chi connectivity index (χ4v) is 1.37. The number of ether oxygens (including phenoxy) is 1. The van der Waals surface area contributed by atoms with Gasteiger partial charge >= 0.3 is 6.09 Å². The average Bonchev–Trinajstić information content (AvgIpc) is 2.40. The smallest absolute Gasteiger partial charge is 0.410 e. The number of hydrogen-bond acceptors (Lipinski definition) is 6. The molecule has 0 atom stereocenters. The van der Waals surface area contributed by atoms with Crippen LogP contribution in [-0.4, -0.2) is 26.1 Å². The number of benzene rings is 1. The van der Waals surface area contributed by atoms with Gasteiger partial charge in [-0.1, -0.05) is 0 Å². The van der Waals surface area contributed by atoms with Crippen molar-refractivity contribution in [3.63, 3.8) is 0 Å². The fourth-order valence-electron chi connectivity index (χ4n) is 1.37. The van der Waals surface area contributed by atoms with Gasteiger partial charge in [0.25, 0.3) is 5.69 Å². The molecule has 0 unspecified atom stereocenters. The van der Waals surface area contributed by atoms with E-state index in [4.69, 9.17) is 9.84 Å². The van der Waals surface area contributed by atoms with Crippen LogP contribution < -0.4 is 10.1 Å². The largest absolute Gasteiger partial charge is 0.465 e. The normalized spacial score (nSPS) is 9.95. The zero-order valence-electron chi connectivity index (χ0n) is 10.2. The van der Waals surface area contributed by atoms with E-state index in [1.165, 1.54) is 0 Å². The molecular weight excluding hydrogens is 287 g/mol. The summed E-state index contributed by atoms with van der Waals surface area (Å²) in [6.45, 7) is 0. The van der Waals surface area contributed by atoms with E-state index in [-0.39, 0.29) is 17.4 Å². The third-order valence-corrected chi connectivity index (χ3v) is 2.22. The summed E-state index contributed by atoms with van der Waals surface area (Å²) in [5, 5.41) is 21.0. The van der Waals surface area contributed by atoms with Crippen LogP contribution in [0.1, 0.15) is 0 Å². The second-order valence-electron chi connectivity index (χ2n) is 3.65. The number of amides is 1. The highest BCUT2D eigenvalue weighted by Crippen LogP contribution is 2.26. The van der Waals surface area contributed by atoms with Crippen molar-refractivity contribution in [2.45, 2.75) is 0 Å². The number of carbonyl (C=O) groups is 1. The zero-order chi connectivity index (χ0) is 15.4. The Balaban J connectivity index is 2.22. The molecule has 0 fully saturated rings. The van der Waals surface area contributed by atoms with Crippen LogP contribution in [0, 0.1) is 15.9 Å². The van der Waals surface area contributed by atoms with E-state index in [1.807, 2.05) is 5.32 Å². The highest BCUT2D eigenvalue weighted by atomic mass is 19.1. The maximum atomic E-state index is 13.6. The second-order valence-corrected chi connectivity index (χ2v) is 3.65. The van der Waals surface area contributed by atoms with Gasteiger partial charge in [-0.2, -0.15) is 0 Å². The van der Waals surface area contributed by atoms with E-state index in [0.717, 1.165) is 24.5 Å². The Labute approximate surface area is 116 Å². The number of nitrogens with zero attached hydrogens (tertiary/aromatic N) is 3. The summed E-state index contributed by atoms with van der Waals surface area (Å²) in [4.78, 5) is 27.5. The summed E-state index contributed by atoms with van der Waals surface area (Å²) >= 11 is 0. The Morgan fingerprint density at radius 1 is 1.38 bits per heavy atom. The lowest BCUT2D eigenvalue weighted by Gasteiger charge is -2.06. The molecule has 1 aromatic carbocycles. The lowest BCUT2D eigenvalue weighted by Crippen LogP contribution is -2.08. The van der Waals surface area contributed by atoms with Gasteiger partial charge in [0.05, 0.1) is 11.0 Å². The van der Waals surface area contributed by atoms with Crippen LogP contribution in [0.2, 0.25) is 0 Å². The number of carboxylic acid groups (broad SMARTS) is 1. The number of anilines is 1. The van der Waals surface area contributed by atoms with E-state index in [1.54, 1.807) is 0 Å². The molecule has 2 rings (SSSR count). The molecule has 108 valence electrons. The molecule has 21 heavy (non-hydrogen) atoms. The van der Waals surface area contributed by atoms with Crippen LogP contribution in [0.4, 0.5) is 20.7 Å². The van der Waals surface area contributed by atoms with Gasteiger partial charge in [0.2, 0.25) is 5.88 Å². The summed E-state index contributed by atoms with van der Waals surface area (Å²) in [6, 6.07) is 3.97. The molecule has 10 heteroatoms. The van der Waals surface area contributed by atoms with Gasteiger partial charge in [-0.3, -0.25) is 15.4 Å². The highest BCUT2D eigenvalue weighted by Gasteiger charge is 2.13. The van der Waals surface area contributed by atoms with Crippen LogP contribution in [-0.2, 0) is 0 Å². The van der Waals surface area contributed by atoms with Crippen LogP contribution >= 0.6 is 0 Å². The SMILES string of the molecule is O=C(O)Nc1cc(Oc2ccc([N+](=O)[O-])cc2F)ncn1. The summed E-state index contributed by atoms with van der Waals surface area (Å²) in [5.41, 5.74) is -0.421. The Bertz CT molecular complexity index is 709. The van der Waals surface area contributed by atoms with Crippen LogP contribution in [0.3, 0.4) is 0 Å². The number of non-ortho nitro benzene ring substituents is 1. The minimum atomic E-state index is -1.33. The zero-order valence-corrected chi connectivity index (χ0v) is 10.2. The summed E-state index contributed by atoms with van der Waals surface area (Å²) in [6.07, 6.45) is -0.314. The van der Waals surface area contributed by atoms with Crippen molar-refractivity contribution in [1.82, 2.24) is 9.97 Å². The first kappa shape index (κ1) is 14.1. The van der Waals surface area contributed by atoms with Gasteiger partial charge in [0, 0.05) is 12.1 Å². The molecule has 0 aliphatic heterocycles. The molecule has 1 heterocycles. The molecule has 0 radical (unpaired) electrons. The van der Waals surface area contributed by atoms with Crippen molar-refractivity contribution in [2.75, 3.05) is 5.32 Å². The molecule has 9 nitrogen and oxygen atoms in total. The first-order valence-electron chi connectivity index (χ1n) is 5.39. The molecule has 2 aromatic rings. The molecule has 0 spiro atoms. The van der Waals surface area contributed by atoms with Gasteiger partial charge in [-0.05, 0) is 6.07 Å². The molecule has 0 bridgehead atoms.